The van der Waals surface area contributed by atoms with E-state index in [0.717, 1.165) is 4.90 Å². The number of carbonyl (C=O) groups is 1. The monoisotopic (exact) mass is 293 g/mol. The predicted octanol–water partition coefficient (Wildman–Crippen LogP) is 1.28. The van der Waals surface area contributed by atoms with Crippen LogP contribution < -0.4 is 16.4 Å². The van der Waals surface area contributed by atoms with Gasteiger partial charge in [0.05, 0.1) is 5.69 Å². The zero-order valence-corrected chi connectivity index (χ0v) is 11.4. The maximum Gasteiger partial charge on any atom is 0.273 e. The Morgan fingerprint density at radius 2 is 2.35 bits per heavy atom. The zero-order valence-electron chi connectivity index (χ0n) is 13.5. The molecule has 0 radical (unpaired) electrons. The summed E-state index contributed by atoms with van der Waals surface area (Å²) in [7, 11) is 0. The number of anilines is 3. The number of nitrogen functional groups attached to an aromatic ring is 1. The third-order valence-corrected chi connectivity index (χ3v) is 3.15. The number of rotatable bonds is 4. The molecule has 2 heterocycles. The van der Waals surface area contributed by atoms with Gasteiger partial charge in [0.1, 0.15) is 11.6 Å². The van der Waals surface area contributed by atoms with E-state index < -0.39 is 12.9 Å². The van der Waals surface area contributed by atoms with Crippen molar-refractivity contribution in [3.8, 4) is 0 Å². The lowest BCUT2D eigenvalue weighted by Gasteiger charge is -2.11. The second-order valence-electron chi connectivity index (χ2n) is 3.66. The molecule has 0 spiro atoms. The predicted molar refractivity (Wildman–Crippen MR) is 79.1 cm³/mol. The first kappa shape index (κ1) is 10.4. The number of aromatic nitrogens is 3. The minimum atomic E-state index is -2.63. The van der Waals surface area contributed by atoms with E-state index in [1.807, 2.05) is 17.6 Å². The van der Waals surface area contributed by atoms with Gasteiger partial charge in [0.15, 0.2) is 5.69 Å². The van der Waals surface area contributed by atoms with Gasteiger partial charge in [-0.25, -0.2) is 4.98 Å². The van der Waals surface area contributed by atoms with Gasteiger partial charge in [-0.3, -0.25) is 4.79 Å². The van der Waals surface area contributed by atoms with Gasteiger partial charge in [0.2, 0.25) is 0 Å². The van der Waals surface area contributed by atoms with Crippen LogP contribution in [0.3, 0.4) is 0 Å². The van der Waals surface area contributed by atoms with E-state index in [2.05, 4.69) is 20.5 Å². The van der Waals surface area contributed by atoms with E-state index in [9.17, 15) is 4.79 Å². The van der Waals surface area contributed by atoms with Gasteiger partial charge >= 0.3 is 0 Å². The molecule has 2 rings (SSSR count). The Hall–Kier alpha value is -2.35. The SMILES string of the molecule is [2H]C([2H])([2H])NC(=O)c1nnc(N)cc1Nc1ncccc1SC. The molecule has 0 aromatic carbocycles. The van der Waals surface area contributed by atoms with Crippen LogP contribution in [0.2, 0.25) is 0 Å². The highest BCUT2D eigenvalue weighted by molar-refractivity contribution is 7.98. The number of nitrogens with two attached hydrogens (primary N) is 1. The van der Waals surface area contributed by atoms with Crippen LogP contribution >= 0.6 is 11.8 Å². The van der Waals surface area contributed by atoms with E-state index in [1.54, 1.807) is 12.3 Å². The molecular weight excluding hydrogens is 276 g/mol. The average Bonchev–Trinajstić information content (AvgIpc) is 2.46. The van der Waals surface area contributed by atoms with E-state index in [0.29, 0.717) is 5.82 Å². The first-order valence-electron chi connectivity index (χ1n) is 7.02. The summed E-state index contributed by atoms with van der Waals surface area (Å²) in [6.45, 7) is -2.63. The van der Waals surface area contributed by atoms with Gasteiger partial charge in [-0.2, -0.15) is 0 Å². The molecule has 20 heavy (non-hydrogen) atoms. The third kappa shape index (κ3) is 2.97. The summed E-state index contributed by atoms with van der Waals surface area (Å²) >= 11 is 1.46. The summed E-state index contributed by atoms with van der Waals surface area (Å²) < 4.78 is 21.3. The minimum Gasteiger partial charge on any atom is -0.382 e. The van der Waals surface area contributed by atoms with Crippen molar-refractivity contribution in [1.82, 2.24) is 20.5 Å². The van der Waals surface area contributed by atoms with E-state index in [-0.39, 0.29) is 17.2 Å². The van der Waals surface area contributed by atoms with E-state index >= 15 is 0 Å². The van der Waals surface area contributed by atoms with Crippen molar-refractivity contribution in [2.45, 2.75) is 4.90 Å². The molecule has 4 N–H and O–H groups in total. The summed E-state index contributed by atoms with van der Waals surface area (Å²) in [5.74, 6) is -0.309. The number of amides is 1. The number of carbonyl (C=O) groups excluding carboxylic acids is 1. The lowest BCUT2D eigenvalue weighted by atomic mass is 10.3. The fourth-order valence-corrected chi connectivity index (χ4v) is 2.02. The molecule has 0 fully saturated rings. The molecule has 0 aliphatic carbocycles. The van der Waals surface area contributed by atoms with Crippen molar-refractivity contribution in [3.05, 3.63) is 30.1 Å². The highest BCUT2D eigenvalue weighted by atomic mass is 32.2. The number of nitrogens with one attached hydrogen (secondary N) is 2. The van der Waals surface area contributed by atoms with Crippen molar-refractivity contribution in [1.29, 1.82) is 0 Å². The second kappa shape index (κ2) is 6.20. The van der Waals surface area contributed by atoms with Crippen molar-refractivity contribution in [2.75, 3.05) is 24.3 Å². The Labute approximate surface area is 124 Å². The molecule has 0 bridgehead atoms. The van der Waals surface area contributed by atoms with Gasteiger partial charge in [0.25, 0.3) is 5.91 Å². The first-order chi connectivity index (χ1) is 10.8. The van der Waals surface area contributed by atoms with E-state index in [4.69, 9.17) is 9.85 Å². The van der Waals surface area contributed by atoms with Crippen LogP contribution in [0.5, 0.6) is 0 Å². The molecule has 0 saturated carbocycles. The smallest absolute Gasteiger partial charge is 0.273 e. The molecule has 1 amide bonds. The molecule has 7 nitrogen and oxygen atoms in total. The van der Waals surface area contributed by atoms with Crippen LogP contribution in [0, 0.1) is 0 Å². The standard InChI is InChI=1S/C12H14N6OS/c1-14-12(19)10-7(6-9(13)17-18-10)16-11-8(20-2)4-3-5-15-11/h3-6H,1-2H3,(H,14,19)(H3,13,15,16,17)/i1D3. The van der Waals surface area contributed by atoms with Crippen molar-refractivity contribution < 1.29 is 8.91 Å². The number of hydrogen-bond acceptors (Lipinski definition) is 7. The van der Waals surface area contributed by atoms with Crippen molar-refractivity contribution in [3.63, 3.8) is 0 Å². The second-order valence-corrected chi connectivity index (χ2v) is 4.51. The summed E-state index contributed by atoms with van der Waals surface area (Å²) in [4.78, 5) is 17.1. The molecule has 0 aliphatic heterocycles. The Morgan fingerprint density at radius 1 is 1.50 bits per heavy atom. The highest BCUT2D eigenvalue weighted by Gasteiger charge is 2.15. The first-order valence-corrected chi connectivity index (χ1v) is 6.74. The van der Waals surface area contributed by atoms with Gasteiger partial charge < -0.3 is 16.4 Å². The lowest BCUT2D eigenvalue weighted by Crippen LogP contribution is -2.21. The van der Waals surface area contributed by atoms with Gasteiger partial charge in [-0.15, -0.1) is 22.0 Å². The van der Waals surface area contributed by atoms with Crippen molar-refractivity contribution >= 4 is 35.0 Å². The van der Waals surface area contributed by atoms with Gasteiger partial charge in [0, 0.05) is 28.2 Å². The van der Waals surface area contributed by atoms with Crippen LogP contribution in [-0.2, 0) is 0 Å². The number of pyridine rings is 1. The fraction of sp³-hybridized carbons (Fsp3) is 0.167. The average molecular weight is 293 g/mol. The topological polar surface area (TPSA) is 106 Å². The summed E-state index contributed by atoms with van der Waals surface area (Å²) in [6, 6.07) is 5.01. The van der Waals surface area contributed by atoms with Crippen LogP contribution in [-0.4, -0.2) is 34.3 Å². The maximum absolute atomic E-state index is 12.1. The summed E-state index contributed by atoms with van der Waals surface area (Å²) in [5.41, 5.74) is 5.63. The summed E-state index contributed by atoms with van der Waals surface area (Å²) in [6.07, 6.45) is 3.46. The van der Waals surface area contributed by atoms with Crippen LogP contribution in [0.1, 0.15) is 14.6 Å². The maximum atomic E-state index is 12.1. The molecule has 0 aliphatic rings. The Bertz CT molecular complexity index is 724. The van der Waals surface area contributed by atoms with Gasteiger partial charge in [-0.1, -0.05) is 0 Å². The molecule has 104 valence electrons. The fourth-order valence-electron chi connectivity index (χ4n) is 1.51. The molecule has 0 unspecified atom stereocenters. The molecule has 0 saturated heterocycles. The molecule has 2 aromatic rings. The summed E-state index contributed by atoms with van der Waals surface area (Å²) in [5, 5.41) is 12.1. The Balaban J connectivity index is 2.38. The molecule has 0 atom stereocenters. The van der Waals surface area contributed by atoms with E-state index in [1.165, 1.54) is 17.8 Å². The highest BCUT2D eigenvalue weighted by Crippen LogP contribution is 2.27. The minimum absolute atomic E-state index is 0.0829. The van der Waals surface area contributed by atoms with Crippen LogP contribution in [0.25, 0.3) is 0 Å². The zero-order chi connectivity index (χ0) is 17.0. The third-order valence-electron chi connectivity index (χ3n) is 2.39. The molecule has 8 heteroatoms. The number of nitrogens with zero attached hydrogens (tertiary/aromatic N) is 3. The molecule has 2 aromatic heterocycles. The largest absolute Gasteiger partial charge is 0.382 e. The number of hydrogen-bond donors (Lipinski definition) is 3. The van der Waals surface area contributed by atoms with Crippen LogP contribution in [0.4, 0.5) is 17.3 Å². The van der Waals surface area contributed by atoms with Gasteiger partial charge in [-0.05, 0) is 18.4 Å². The normalized spacial score (nSPS) is 12.9. The number of thioether (sulfide) groups is 1. The quantitative estimate of drug-likeness (QED) is 0.729. The van der Waals surface area contributed by atoms with Crippen molar-refractivity contribution in [2.24, 2.45) is 0 Å². The lowest BCUT2D eigenvalue weighted by molar-refractivity contribution is 0.0958. The Kier molecular flexibility index (Phi) is 3.24. The van der Waals surface area contributed by atoms with Crippen LogP contribution in [0.15, 0.2) is 29.3 Å². The Morgan fingerprint density at radius 3 is 3.10 bits per heavy atom. The molecular formula is C12H14N6OS.